The number of halogens is 1. The van der Waals surface area contributed by atoms with Gasteiger partial charge < -0.3 is 11.1 Å². The minimum absolute atomic E-state index is 0.0251. The molecule has 2 rings (SSSR count). The maximum absolute atomic E-state index is 10.6. The van der Waals surface area contributed by atoms with Gasteiger partial charge in [0.15, 0.2) is 0 Å². The van der Waals surface area contributed by atoms with Gasteiger partial charge in [0.2, 0.25) is 0 Å². The minimum Gasteiger partial charge on any atom is -0.380 e. The molecule has 0 unspecified atom stereocenters. The molecule has 104 valence electrons. The number of nitrogens with one attached hydrogen (secondary N) is 1. The van der Waals surface area contributed by atoms with Gasteiger partial charge in [-0.2, -0.15) is 0 Å². The van der Waals surface area contributed by atoms with Crippen LogP contribution in [0.25, 0.3) is 0 Å². The quantitative estimate of drug-likeness (QED) is 0.654. The molecule has 0 saturated heterocycles. The Morgan fingerprint density at radius 3 is 2.50 bits per heavy atom. The monoisotopic (exact) mass is 291 g/mol. The van der Waals surface area contributed by atoms with Crippen molar-refractivity contribution < 1.29 is 4.92 Å². The number of hydrogen-bond donors (Lipinski definition) is 2. The maximum Gasteiger partial charge on any atom is 0.271 e. The van der Waals surface area contributed by atoms with Gasteiger partial charge in [-0.25, -0.2) is 0 Å². The van der Waals surface area contributed by atoms with E-state index in [1.54, 1.807) is 6.07 Å². The van der Waals surface area contributed by atoms with E-state index in [0.717, 1.165) is 11.1 Å². The van der Waals surface area contributed by atoms with Crippen molar-refractivity contribution >= 4 is 23.0 Å². The summed E-state index contributed by atoms with van der Waals surface area (Å²) in [5.41, 5.74) is 8.43. The van der Waals surface area contributed by atoms with Crippen LogP contribution in [-0.4, -0.2) is 4.92 Å². The van der Waals surface area contributed by atoms with Crippen LogP contribution in [0.2, 0.25) is 5.02 Å². The largest absolute Gasteiger partial charge is 0.380 e. The summed E-state index contributed by atoms with van der Waals surface area (Å²) < 4.78 is 0. The second kappa shape index (κ2) is 6.36. The molecule has 3 N–H and O–H groups in total. The van der Waals surface area contributed by atoms with Gasteiger partial charge in [-0.1, -0.05) is 35.9 Å². The SMILES string of the molecule is NCc1ccccc1CNc1ccc([N+](=O)[O-])cc1Cl. The molecule has 0 bridgehead atoms. The molecule has 0 spiro atoms. The predicted molar refractivity (Wildman–Crippen MR) is 79.8 cm³/mol. The molecule has 0 saturated carbocycles. The summed E-state index contributed by atoms with van der Waals surface area (Å²) in [6.07, 6.45) is 0. The Morgan fingerprint density at radius 1 is 1.20 bits per heavy atom. The Balaban J connectivity index is 2.13. The minimum atomic E-state index is -0.473. The van der Waals surface area contributed by atoms with Crippen molar-refractivity contribution in [1.29, 1.82) is 0 Å². The molecule has 0 atom stereocenters. The number of non-ortho nitro benzene ring substituents is 1. The van der Waals surface area contributed by atoms with Crippen molar-refractivity contribution in [2.24, 2.45) is 5.73 Å². The summed E-state index contributed by atoms with van der Waals surface area (Å²) in [5.74, 6) is 0. The Hall–Kier alpha value is -2.11. The second-order valence-corrected chi connectivity index (χ2v) is 4.65. The number of benzene rings is 2. The lowest BCUT2D eigenvalue weighted by atomic mass is 10.1. The molecule has 0 aromatic heterocycles. The van der Waals surface area contributed by atoms with Gasteiger partial charge in [-0.05, 0) is 17.2 Å². The first-order valence-corrected chi connectivity index (χ1v) is 6.44. The van der Waals surface area contributed by atoms with Gasteiger partial charge in [0.25, 0.3) is 5.69 Å². The van der Waals surface area contributed by atoms with E-state index >= 15 is 0 Å². The highest BCUT2D eigenvalue weighted by Crippen LogP contribution is 2.27. The topological polar surface area (TPSA) is 81.2 Å². The second-order valence-electron chi connectivity index (χ2n) is 4.25. The third kappa shape index (κ3) is 3.26. The van der Waals surface area contributed by atoms with Gasteiger partial charge in [0.05, 0.1) is 15.6 Å². The third-order valence-corrected chi connectivity index (χ3v) is 3.28. The van der Waals surface area contributed by atoms with Crippen LogP contribution in [0.5, 0.6) is 0 Å². The summed E-state index contributed by atoms with van der Waals surface area (Å²) in [5, 5.41) is 14.1. The Kier molecular flexibility index (Phi) is 4.55. The van der Waals surface area contributed by atoms with Gasteiger partial charge in [0.1, 0.15) is 0 Å². The first-order valence-electron chi connectivity index (χ1n) is 6.06. The van der Waals surface area contributed by atoms with Crippen LogP contribution in [0.1, 0.15) is 11.1 Å². The first-order chi connectivity index (χ1) is 9.61. The van der Waals surface area contributed by atoms with Gasteiger partial charge in [-0.15, -0.1) is 0 Å². The summed E-state index contributed by atoms with van der Waals surface area (Å²) in [6, 6.07) is 12.2. The fraction of sp³-hybridized carbons (Fsp3) is 0.143. The molecule has 6 heteroatoms. The summed E-state index contributed by atoms with van der Waals surface area (Å²) in [6.45, 7) is 1.02. The van der Waals surface area contributed by atoms with Crippen LogP contribution in [0, 0.1) is 10.1 Å². The number of nitro groups is 1. The lowest BCUT2D eigenvalue weighted by molar-refractivity contribution is -0.384. The number of nitro benzene ring substituents is 1. The van der Waals surface area contributed by atoms with Crippen molar-refractivity contribution in [3.63, 3.8) is 0 Å². The zero-order valence-corrected chi connectivity index (χ0v) is 11.4. The number of hydrogen-bond acceptors (Lipinski definition) is 4. The molecule has 0 fully saturated rings. The van der Waals surface area contributed by atoms with Crippen LogP contribution in [0.3, 0.4) is 0 Å². The zero-order valence-electron chi connectivity index (χ0n) is 10.7. The summed E-state index contributed by atoms with van der Waals surface area (Å²) >= 11 is 6.02. The van der Waals surface area contributed by atoms with E-state index in [4.69, 9.17) is 17.3 Å². The number of anilines is 1. The standard InChI is InChI=1S/C14H14ClN3O2/c15-13-7-12(18(19)20)5-6-14(13)17-9-11-4-2-1-3-10(11)8-16/h1-7,17H,8-9,16H2. The van der Waals surface area contributed by atoms with Crippen molar-refractivity contribution in [2.45, 2.75) is 13.1 Å². The lowest BCUT2D eigenvalue weighted by Crippen LogP contribution is -2.06. The molecule has 20 heavy (non-hydrogen) atoms. The van der Waals surface area contributed by atoms with E-state index in [9.17, 15) is 10.1 Å². The van der Waals surface area contributed by atoms with Crippen molar-refractivity contribution in [3.8, 4) is 0 Å². The summed E-state index contributed by atoms with van der Waals surface area (Å²) in [7, 11) is 0. The molecule has 0 aliphatic heterocycles. The Bertz CT molecular complexity index is 632. The first kappa shape index (κ1) is 14.3. The number of nitrogens with two attached hydrogens (primary N) is 1. The molecule has 2 aromatic rings. The molecule has 2 aromatic carbocycles. The zero-order chi connectivity index (χ0) is 14.5. The van der Waals surface area contributed by atoms with E-state index in [0.29, 0.717) is 23.8 Å². The van der Waals surface area contributed by atoms with E-state index < -0.39 is 4.92 Å². The molecule has 0 aliphatic rings. The number of rotatable bonds is 5. The van der Waals surface area contributed by atoms with Crippen LogP contribution >= 0.6 is 11.6 Å². The third-order valence-electron chi connectivity index (χ3n) is 2.97. The fourth-order valence-electron chi connectivity index (χ4n) is 1.88. The molecule has 0 radical (unpaired) electrons. The average molecular weight is 292 g/mol. The molecule has 0 amide bonds. The highest BCUT2D eigenvalue weighted by Gasteiger charge is 2.09. The average Bonchev–Trinajstić information content (AvgIpc) is 2.46. The molecule has 0 aliphatic carbocycles. The lowest BCUT2D eigenvalue weighted by Gasteiger charge is -2.11. The Labute approximate surface area is 121 Å². The van der Waals surface area contributed by atoms with Crippen LogP contribution < -0.4 is 11.1 Å². The van der Waals surface area contributed by atoms with E-state index in [1.807, 2.05) is 24.3 Å². The van der Waals surface area contributed by atoms with Crippen molar-refractivity contribution in [3.05, 3.63) is 68.7 Å². The predicted octanol–water partition coefficient (Wildman–Crippen LogP) is 3.32. The van der Waals surface area contributed by atoms with Gasteiger partial charge in [0, 0.05) is 25.2 Å². The van der Waals surface area contributed by atoms with E-state index in [1.165, 1.54) is 12.1 Å². The molecular weight excluding hydrogens is 278 g/mol. The molecule has 0 heterocycles. The normalized spacial score (nSPS) is 10.3. The van der Waals surface area contributed by atoms with Crippen LogP contribution in [-0.2, 0) is 13.1 Å². The number of nitrogens with zero attached hydrogens (tertiary/aromatic N) is 1. The Morgan fingerprint density at radius 2 is 1.90 bits per heavy atom. The maximum atomic E-state index is 10.6. The van der Waals surface area contributed by atoms with Crippen molar-refractivity contribution in [2.75, 3.05) is 5.32 Å². The summed E-state index contributed by atoms with van der Waals surface area (Å²) in [4.78, 5) is 10.2. The molecular formula is C14H14ClN3O2. The van der Waals surface area contributed by atoms with E-state index in [-0.39, 0.29) is 5.69 Å². The highest BCUT2D eigenvalue weighted by molar-refractivity contribution is 6.33. The smallest absolute Gasteiger partial charge is 0.271 e. The van der Waals surface area contributed by atoms with Crippen LogP contribution in [0.4, 0.5) is 11.4 Å². The highest BCUT2D eigenvalue weighted by atomic mass is 35.5. The molecule has 5 nitrogen and oxygen atoms in total. The fourth-order valence-corrected chi connectivity index (χ4v) is 2.12. The van der Waals surface area contributed by atoms with Gasteiger partial charge in [-0.3, -0.25) is 10.1 Å². The van der Waals surface area contributed by atoms with Crippen LogP contribution in [0.15, 0.2) is 42.5 Å². The van der Waals surface area contributed by atoms with Crippen molar-refractivity contribution in [1.82, 2.24) is 0 Å². The van der Waals surface area contributed by atoms with Gasteiger partial charge >= 0.3 is 0 Å². The van der Waals surface area contributed by atoms with E-state index in [2.05, 4.69) is 5.32 Å².